The smallest absolute Gasteiger partial charge is 0.130 e. The Morgan fingerprint density at radius 1 is 0.917 bits per heavy atom. The van der Waals surface area contributed by atoms with Crippen LogP contribution >= 0.6 is 9.47 Å². The first kappa shape index (κ1) is 7.57. The van der Waals surface area contributed by atoms with Gasteiger partial charge in [-0.25, -0.2) is 0 Å². The third kappa shape index (κ3) is 1.17. The largest absolute Gasteiger partial charge is 0.480 e. The first-order valence-electron chi connectivity index (χ1n) is 3.76. The Kier molecular flexibility index (Phi) is 1.97. The van der Waals surface area contributed by atoms with Gasteiger partial charge in [-0.2, -0.15) is 0 Å². The summed E-state index contributed by atoms with van der Waals surface area (Å²) in [6, 6.07) is 14.2. The van der Waals surface area contributed by atoms with E-state index in [0.29, 0.717) is 0 Å². The molecule has 60 valence electrons. The zero-order valence-corrected chi connectivity index (χ0v) is 7.68. The quantitative estimate of drug-likeness (QED) is 0.607. The summed E-state index contributed by atoms with van der Waals surface area (Å²) < 4.78 is 5.14. The maximum absolute atomic E-state index is 5.14. The second-order valence-electron chi connectivity index (χ2n) is 2.60. The van der Waals surface area contributed by atoms with Crippen LogP contribution in [0.1, 0.15) is 0 Å². The Hall–Kier alpha value is -1.07. The summed E-state index contributed by atoms with van der Waals surface area (Å²) in [5.41, 5.74) is 0. The average molecular weight is 176 g/mol. The SMILES string of the molecule is POc1cccc2ccccc12. The summed E-state index contributed by atoms with van der Waals surface area (Å²) in [5, 5.41) is 2.35. The van der Waals surface area contributed by atoms with E-state index in [0.717, 1.165) is 11.1 Å². The molecular weight excluding hydrogens is 167 g/mol. The topological polar surface area (TPSA) is 9.23 Å². The van der Waals surface area contributed by atoms with Crippen LogP contribution in [0.3, 0.4) is 0 Å². The molecule has 0 N–H and O–H groups in total. The van der Waals surface area contributed by atoms with Crippen molar-refractivity contribution >= 4 is 20.2 Å². The van der Waals surface area contributed by atoms with E-state index in [4.69, 9.17) is 4.52 Å². The molecule has 2 aromatic carbocycles. The van der Waals surface area contributed by atoms with E-state index in [9.17, 15) is 0 Å². The Labute approximate surface area is 73.6 Å². The van der Waals surface area contributed by atoms with Crippen molar-refractivity contribution in [2.24, 2.45) is 0 Å². The second-order valence-corrected chi connectivity index (χ2v) is 2.83. The lowest BCUT2D eigenvalue weighted by Crippen LogP contribution is -1.76. The zero-order chi connectivity index (χ0) is 8.39. The van der Waals surface area contributed by atoms with Crippen LogP contribution in [-0.4, -0.2) is 0 Å². The first-order valence-corrected chi connectivity index (χ1v) is 4.23. The van der Waals surface area contributed by atoms with Gasteiger partial charge in [0.15, 0.2) is 0 Å². The van der Waals surface area contributed by atoms with Gasteiger partial charge in [-0.15, -0.1) is 0 Å². The normalized spacial score (nSPS) is 10.1. The summed E-state index contributed by atoms with van der Waals surface area (Å²) in [5.74, 6) is 0.901. The molecule has 2 aromatic rings. The van der Waals surface area contributed by atoms with Gasteiger partial charge in [-0.1, -0.05) is 36.4 Å². The highest BCUT2D eigenvalue weighted by molar-refractivity contribution is 7.10. The first-order chi connectivity index (χ1) is 5.92. The molecule has 0 aromatic heterocycles. The molecule has 12 heavy (non-hydrogen) atoms. The number of benzene rings is 2. The van der Waals surface area contributed by atoms with Gasteiger partial charge < -0.3 is 4.52 Å². The lowest BCUT2D eigenvalue weighted by molar-refractivity contribution is 0.654. The van der Waals surface area contributed by atoms with Crippen molar-refractivity contribution in [2.45, 2.75) is 0 Å². The van der Waals surface area contributed by atoms with Crippen LogP contribution in [0, 0.1) is 0 Å². The monoisotopic (exact) mass is 176 g/mol. The molecule has 0 aliphatic carbocycles. The molecule has 0 aliphatic rings. The van der Waals surface area contributed by atoms with E-state index in [1.54, 1.807) is 0 Å². The van der Waals surface area contributed by atoms with Crippen LogP contribution in [0.4, 0.5) is 0 Å². The molecule has 1 atom stereocenters. The second kappa shape index (κ2) is 3.12. The average Bonchev–Trinajstić information content (AvgIpc) is 2.17. The van der Waals surface area contributed by atoms with Gasteiger partial charge >= 0.3 is 0 Å². The number of hydrogen-bond acceptors (Lipinski definition) is 1. The molecule has 0 bridgehead atoms. The van der Waals surface area contributed by atoms with Crippen molar-refractivity contribution in [2.75, 3.05) is 0 Å². The summed E-state index contributed by atoms with van der Waals surface area (Å²) in [6.45, 7) is 0. The minimum atomic E-state index is 0.901. The fourth-order valence-electron chi connectivity index (χ4n) is 1.30. The number of fused-ring (bicyclic) bond motifs is 1. The fourth-order valence-corrected chi connectivity index (χ4v) is 1.50. The highest BCUT2D eigenvalue weighted by atomic mass is 31.0. The summed E-state index contributed by atoms with van der Waals surface area (Å²) in [4.78, 5) is 0. The van der Waals surface area contributed by atoms with E-state index in [-0.39, 0.29) is 0 Å². The predicted octanol–water partition coefficient (Wildman–Crippen LogP) is 3.01. The van der Waals surface area contributed by atoms with Crippen molar-refractivity contribution < 1.29 is 4.52 Å². The molecule has 1 nitrogen and oxygen atoms in total. The fraction of sp³-hybridized carbons (Fsp3) is 0. The zero-order valence-electron chi connectivity index (χ0n) is 6.53. The number of hydrogen-bond donors (Lipinski definition) is 0. The van der Waals surface area contributed by atoms with E-state index in [2.05, 4.69) is 27.7 Å². The minimum absolute atomic E-state index is 0.901. The minimum Gasteiger partial charge on any atom is -0.480 e. The maximum Gasteiger partial charge on any atom is 0.130 e. The molecule has 0 saturated heterocycles. The van der Waals surface area contributed by atoms with Gasteiger partial charge in [-0.05, 0) is 11.5 Å². The Morgan fingerprint density at radius 2 is 1.67 bits per heavy atom. The molecule has 2 rings (SSSR count). The van der Waals surface area contributed by atoms with Gasteiger partial charge in [0.2, 0.25) is 0 Å². The van der Waals surface area contributed by atoms with Gasteiger partial charge in [0.05, 0.1) is 9.47 Å². The summed E-state index contributed by atoms with van der Waals surface area (Å²) in [6.07, 6.45) is 0. The van der Waals surface area contributed by atoms with E-state index in [1.807, 2.05) is 24.3 Å². The van der Waals surface area contributed by atoms with Crippen LogP contribution in [0.25, 0.3) is 10.8 Å². The van der Waals surface area contributed by atoms with Crippen LogP contribution in [-0.2, 0) is 0 Å². The molecule has 0 radical (unpaired) electrons. The predicted molar refractivity (Wildman–Crippen MR) is 54.3 cm³/mol. The van der Waals surface area contributed by atoms with Gasteiger partial charge in [0.1, 0.15) is 5.75 Å². The Morgan fingerprint density at radius 3 is 2.50 bits per heavy atom. The third-order valence-electron chi connectivity index (χ3n) is 1.88. The molecule has 0 heterocycles. The van der Waals surface area contributed by atoms with Crippen molar-refractivity contribution in [3.8, 4) is 5.75 Å². The van der Waals surface area contributed by atoms with E-state index >= 15 is 0 Å². The maximum atomic E-state index is 5.14. The third-order valence-corrected chi connectivity index (χ3v) is 2.13. The molecule has 0 spiro atoms. The van der Waals surface area contributed by atoms with Gasteiger partial charge in [-0.3, -0.25) is 0 Å². The molecule has 0 fully saturated rings. The lowest BCUT2D eigenvalue weighted by atomic mass is 10.1. The standard InChI is InChI=1S/C10H9OP/c12-11-10-7-3-5-8-4-1-2-6-9(8)10/h1-7H,12H2. The van der Waals surface area contributed by atoms with Gasteiger partial charge in [0, 0.05) is 5.39 Å². The van der Waals surface area contributed by atoms with Crippen LogP contribution < -0.4 is 4.52 Å². The lowest BCUT2D eigenvalue weighted by Gasteiger charge is -2.03. The van der Waals surface area contributed by atoms with Crippen molar-refractivity contribution in [1.29, 1.82) is 0 Å². The van der Waals surface area contributed by atoms with Crippen LogP contribution in [0.5, 0.6) is 5.75 Å². The Balaban J connectivity index is 2.79. The number of rotatable bonds is 1. The highest BCUT2D eigenvalue weighted by Gasteiger charge is 1.97. The highest BCUT2D eigenvalue weighted by Crippen LogP contribution is 2.25. The summed E-state index contributed by atoms with van der Waals surface area (Å²) in [7, 11) is 2.27. The van der Waals surface area contributed by atoms with E-state index < -0.39 is 0 Å². The van der Waals surface area contributed by atoms with Gasteiger partial charge in [0.25, 0.3) is 0 Å². The summed E-state index contributed by atoms with van der Waals surface area (Å²) >= 11 is 0. The van der Waals surface area contributed by atoms with E-state index in [1.165, 1.54) is 5.39 Å². The molecule has 0 aliphatic heterocycles. The molecule has 0 saturated carbocycles. The van der Waals surface area contributed by atoms with Crippen LogP contribution in [0.2, 0.25) is 0 Å². The Bertz CT molecular complexity index is 392. The molecular formula is C10H9OP. The van der Waals surface area contributed by atoms with Crippen LogP contribution in [0.15, 0.2) is 42.5 Å². The molecule has 0 amide bonds. The van der Waals surface area contributed by atoms with Crippen molar-refractivity contribution in [3.05, 3.63) is 42.5 Å². The van der Waals surface area contributed by atoms with Crippen molar-refractivity contribution in [3.63, 3.8) is 0 Å². The van der Waals surface area contributed by atoms with Crippen molar-refractivity contribution in [1.82, 2.24) is 0 Å². The molecule has 1 unspecified atom stereocenters. The molecule has 2 heteroatoms.